The van der Waals surface area contributed by atoms with E-state index in [1.165, 1.54) is 33.3 Å². The number of hydrogen-bond donors (Lipinski definition) is 1. The fourth-order valence-electron chi connectivity index (χ4n) is 6.34. The minimum Gasteiger partial charge on any atom is -0.469 e. The van der Waals surface area contributed by atoms with Crippen molar-refractivity contribution in [1.82, 2.24) is 0 Å². The van der Waals surface area contributed by atoms with Crippen molar-refractivity contribution in [2.24, 2.45) is 23.7 Å². The predicted molar refractivity (Wildman–Crippen MR) is 146 cm³/mol. The molecule has 216 valence electrons. The molecule has 0 aromatic carbocycles. The molecule has 3 fully saturated rings. The molecular weight excluding hydrogens is 484 g/mol. The maximum Gasteiger partial charge on any atom is 0.305 e. The maximum absolute atomic E-state index is 12.0. The Balaban J connectivity index is 1.69. The lowest BCUT2D eigenvalue weighted by molar-refractivity contribution is -0.193. The molecule has 1 unspecified atom stereocenters. The summed E-state index contributed by atoms with van der Waals surface area (Å²) in [6, 6.07) is 0. The summed E-state index contributed by atoms with van der Waals surface area (Å²) >= 11 is 0. The zero-order valence-corrected chi connectivity index (χ0v) is 23.7. The number of carbonyl (C=O) groups excluding carboxylic acids is 2. The van der Waals surface area contributed by atoms with E-state index >= 15 is 0 Å². The van der Waals surface area contributed by atoms with Crippen LogP contribution in [0.25, 0.3) is 0 Å². The van der Waals surface area contributed by atoms with Crippen LogP contribution in [-0.2, 0) is 28.5 Å². The molecular formula is C31H50O7. The third kappa shape index (κ3) is 9.80. The number of methoxy groups -OCH3 is 1. The molecule has 7 nitrogen and oxygen atoms in total. The van der Waals surface area contributed by atoms with Gasteiger partial charge >= 0.3 is 11.9 Å². The standard InChI is InChI=1S/C31H50O7/c1-4-23-14-16-24(17-15-23)27(33)19-18-26-25(11-7-5-6-8-12-30(34)35-3)28(37-22(2)32)21-29(26)38-31-13-9-10-20-36-31/h5,7,18-19,23-29,31,33H,4,6,8-17,20-21H2,1-3H3/b7-5-,19-18+/t23?,24?,25-,26-,27-,28+,29-,31?/m1/s1. The van der Waals surface area contributed by atoms with Crippen LogP contribution in [0.4, 0.5) is 0 Å². The van der Waals surface area contributed by atoms with Crippen LogP contribution in [0.3, 0.4) is 0 Å². The van der Waals surface area contributed by atoms with Crippen molar-refractivity contribution >= 4 is 11.9 Å². The lowest BCUT2D eigenvalue weighted by Crippen LogP contribution is -2.31. The summed E-state index contributed by atoms with van der Waals surface area (Å²) in [6.07, 6.45) is 19.3. The number of ether oxygens (including phenoxy) is 4. The van der Waals surface area contributed by atoms with Crippen molar-refractivity contribution in [1.29, 1.82) is 0 Å². The van der Waals surface area contributed by atoms with Crippen LogP contribution in [0, 0.1) is 23.7 Å². The van der Waals surface area contributed by atoms with Gasteiger partial charge in [-0.2, -0.15) is 0 Å². The fourth-order valence-corrected chi connectivity index (χ4v) is 6.34. The molecule has 0 aromatic heterocycles. The number of hydrogen-bond acceptors (Lipinski definition) is 7. The van der Waals surface area contributed by atoms with E-state index in [4.69, 9.17) is 18.9 Å². The molecule has 2 saturated carbocycles. The van der Waals surface area contributed by atoms with Gasteiger partial charge in [0.25, 0.3) is 0 Å². The average molecular weight is 535 g/mol. The van der Waals surface area contributed by atoms with Crippen LogP contribution in [0.1, 0.15) is 97.3 Å². The number of aliphatic hydroxyl groups is 1. The SMILES string of the molecule is CCC1CCC([C@H](O)/C=C/[C@@H]2[C@@H](C/C=C\CCCC(=O)OC)[C@@H](OC(C)=O)C[C@H]2OC2CCCCO2)CC1. The Morgan fingerprint density at radius 1 is 1.08 bits per heavy atom. The van der Waals surface area contributed by atoms with Crippen molar-refractivity contribution in [2.75, 3.05) is 13.7 Å². The van der Waals surface area contributed by atoms with Crippen LogP contribution in [0.2, 0.25) is 0 Å². The largest absolute Gasteiger partial charge is 0.469 e. The highest BCUT2D eigenvalue weighted by atomic mass is 16.7. The Labute approximate surface area is 229 Å². The molecule has 0 bridgehead atoms. The van der Waals surface area contributed by atoms with Crippen molar-refractivity contribution < 1.29 is 33.6 Å². The van der Waals surface area contributed by atoms with E-state index in [9.17, 15) is 14.7 Å². The monoisotopic (exact) mass is 534 g/mol. The van der Waals surface area contributed by atoms with Crippen LogP contribution >= 0.6 is 0 Å². The van der Waals surface area contributed by atoms with Gasteiger partial charge in [0.05, 0.1) is 19.3 Å². The highest BCUT2D eigenvalue weighted by Crippen LogP contribution is 2.42. The first-order valence-electron chi connectivity index (χ1n) is 14.9. The first-order chi connectivity index (χ1) is 18.4. The molecule has 38 heavy (non-hydrogen) atoms. The lowest BCUT2D eigenvalue weighted by Gasteiger charge is -2.31. The van der Waals surface area contributed by atoms with Gasteiger partial charge in [-0.15, -0.1) is 0 Å². The normalized spacial score (nSPS) is 33.0. The Morgan fingerprint density at radius 2 is 1.87 bits per heavy atom. The van der Waals surface area contributed by atoms with Crippen molar-refractivity contribution in [2.45, 2.75) is 122 Å². The number of aliphatic hydroxyl groups excluding tert-OH is 1. The van der Waals surface area contributed by atoms with E-state index in [-0.39, 0.29) is 42.3 Å². The molecule has 3 aliphatic rings. The van der Waals surface area contributed by atoms with Crippen molar-refractivity contribution in [3.8, 4) is 0 Å². The van der Waals surface area contributed by atoms with E-state index in [2.05, 4.69) is 25.2 Å². The van der Waals surface area contributed by atoms with Gasteiger partial charge in [0.1, 0.15) is 6.10 Å². The van der Waals surface area contributed by atoms with E-state index in [0.717, 1.165) is 57.3 Å². The number of carbonyl (C=O) groups is 2. The summed E-state index contributed by atoms with van der Waals surface area (Å²) < 4.78 is 22.9. The van der Waals surface area contributed by atoms with Gasteiger partial charge in [0.15, 0.2) is 6.29 Å². The average Bonchev–Trinajstić information content (AvgIpc) is 3.23. The molecule has 0 radical (unpaired) electrons. The molecule has 7 heteroatoms. The smallest absolute Gasteiger partial charge is 0.305 e. The second kappa shape index (κ2) is 16.4. The van der Waals surface area contributed by atoms with E-state index in [1.807, 2.05) is 6.08 Å². The second-order valence-corrected chi connectivity index (χ2v) is 11.3. The second-order valence-electron chi connectivity index (χ2n) is 11.3. The summed E-state index contributed by atoms with van der Waals surface area (Å²) in [5.41, 5.74) is 0. The van der Waals surface area contributed by atoms with Gasteiger partial charge in [-0.3, -0.25) is 9.59 Å². The molecule has 6 atom stereocenters. The highest BCUT2D eigenvalue weighted by molar-refractivity contribution is 5.69. The summed E-state index contributed by atoms with van der Waals surface area (Å²) in [7, 11) is 1.41. The van der Waals surface area contributed by atoms with Gasteiger partial charge in [-0.25, -0.2) is 0 Å². The molecule has 1 N–H and O–H groups in total. The van der Waals surface area contributed by atoms with Gasteiger partial charge in [0.2, 0.25) is 0 Å². The number of allylic oxidation sites excluding steroid dienone is 2. The minimum absolute atomic E-state index is 0.00577. The van der Waals surface area contributed by atoms with E-state index in [0.29, 0.717) is 25.4 Å². The zero-order valence-electron chi connectivity index (χ0n) is 23.7. The summed E-state index contributed by atoms with van der Waals surface area (Å²) in [4.78, 5) is 23.3. The Kier molecular flexibility index (Phi) is 13.3. The van der Waals surface area contributed by atoms with E-state index in [1.54, 1.807) is 0 Å². The third-order valence-corrected chi connectivity index (χ3v) is 8.68. The van der Waals surface area contributed by atoms with Crippen LogP contribution in [0.15, 0.2) is 24.3 Å². The van der Waals surface area contributed by atoms with Crippen molar-refractivity contribution in [3.63, 3.8) is 0 Å². The molecule has 1 saturated heterocycles. The molecule has 1 aliphatic heterocycles. The topological polar surface area (TPSA) is 91.3 Å². The Hall–Kier alpha value is -1.70. The predicted octanol–water partition coefficient (Wildman–Crippen LogP) is 5.89. The van der Waals surface area contributed by atoms with Gasteiger partial charge in [-0.05, 0) is 63.2 Å². The molecule has 0 amide bonds. The van der Waals surface area contributed by atoms with Crippen LogP contribution in [0.5, 0.6) is 0 Å². The van der Waals surface area contributed by atoms with Crippen LogP contribution in [-0.4, -0.2) is 55.4 Å². The summed E-state index contributed by atoms with van der Waals surface area (Å²) in [6.45, 7) is 4.42. The zero-order chi connectivity index (χ0) is 27.3. The molecule has 3 rings (SSSR count). The third-order valence-electron chi connectivity index (χ3n) is 8.68. The summed E-state index contributed by atoms with van der Waals surface area (Å²) in [5, 5.41) is 11.0. The van der Waals surface area contributed by atoms with Crippen molar-refractivity contribution in [3.05, 3.63) is 24.3 Å². The van der Waals surface area contributed by atoms with E-state index < -0.39 is 6.10 Å². The fraction of sp³-hybridized carbons (Fsp3) is 0.806. The quantitative estimate of drug-likeness (QED) is 0.179. The summed E-state index contributed by atoms with van der Waals surface area (Å²) in [5.74, 6) is 0.663. The van der Waals surface area contributed by atoms with Gasteiger partial charge in [0, 0.05) is 38.2 Å². The molecule has 0 spiro atoms. The molecule has 0 aromatic rings. The van der Waals surface area contributed by atoms with Crippen LogP contribution < -0.4 is 0 Å². The molecule has 1 heterocycles. The number of unbranched alkanes of at least 4 members (excludes halogenated alkanes) is 1. The first-order valence-corrected chi connectivity index (χ1v) is 14.9. The first kappa shape index (κ1) is 30.8. The number of esters is 2. The lowest BCUT2D eigenvalue weighted by atomic mass is 9.78. The minimum atomic E-state index is -0.471. The molecule has 2 aliphatic carbocycles. The highest BCUT2D eigenvalue weighted by Gasteiger charge is 2.45. The Bertz CT molecular complexity index is 764. The number of rotatable bonds is 13. The van der Waals surface area contributed by atoms with Gasteiger partial charge < -0.3 is 24.1 Å². The van der Waals surface area contributed by atoms with Gasteiger partial charge in [-0.1, -0.05) is 50.5 Å². The Morgan fingerprint density at radius 3 is 2.53 bits per heavy atom. The maximum atomic E-state index is 12.0.